The number of halogens is 1. The number of hydrogen-bond acceptors (Lipinski definition) is 5. The van der Waals surface area contributed by atoms with Gasteiger partial charge in [0.2, 0.25) is 5.91 Å². The number of benzene rings is 1. The van der Waals surface area contributed by atoms with Gasteiger partial charge in [-0.05, 0) is 25.0 Å². The molecule has 0 spiro atoms. The normalized spacial score (nSPS) is 17.5. The molecule has 1 aromatic carbocycles. The summed E-state index contributed by atoms with van der Waals surface area (Å²) in [5.74, 6) is -1.40. The highest BCUT2D eigenvalue weighted by Crippen LogP contribution is 2.32. The van der Waals surface area contributed by atoms with Crippen LogP contribution >= 0.6 is 23.4 Å². The van der Waals surface area contributed by atoms with Gasteiger partial charge in [0.15, 0.2) is 0 Å². The Bertz CT molecular complexity index is 624. The molecule has 0 radical (unpaired) electrons. The molecule has 118 valence electrons. The molecule has 1 fully saturated rings. The largest absolute Gasteiger partial charge is 0.480 e. The Hall–Kier alpha value is -1.80. The molecule has 0 aromatic heterocycles. The molecular formula is C13H13ClN2O5S. The zero-order chi connectivity index (χ0) is 16.3. The van der Waals surface area contributed by atoms with Gasteiger partial charge in [0.25, 0.3) is 5.69 Å². The van der Waals surface area contributed by atoms with E-state index in [0.29, 0.717) is 24.3 Å². The number of carbonyl (C=O) groups is 2. The van der Waals surface area contributed by atoms with Crippen molar-refractivity contribution in [1.82, 2.24) is 4.90 Å². The van der Waals surface area contributed by atoms with Crippen molar-refractivity contribution in [3.63, 3.8) is 0 Å². The second-order valence-electron chi connectivity index (χ2n) is 4.74. The fourth-order valence-electron chi connectivity index (χ4n) is 2.30. The number of nitrogens with zero attached hydrogens (tertiary/aromatic N) is 2. The molecule has 1 N–H and O–H groups in total. The number of amides is 1. The summed E-state index contributed by atoms with van der Waals surface area (Å²) in [5.41, 5.74) is -0.165. The summed E-state index contributed by atoms with van der Waals surface area (Å²) in [6.07, 6.45) is 1.08. The Morgan fingerprint density at radius 1 is 1.50 bits per heavy atom. The topological polar surface area (TPSA) is 101 Å². The molecule has 1 aliphatic rings. The Kier molecular flexibility index (Phi) is 5.25. The van der Waals surface area contributed by atoms with Gasteiger partial charge < -0.3 is 10.0 Å². The Morgan fingerprint density at radius 2 is 2.23 bits per heavy atom. The van der Waals surface area contributed by atoms with E-state index < -0.39 is 16.9 Å². The Balaban J connectivity index is 2.05. The van der Waals surface area contributed by atoms with Crippen LogP contribution in [-0.4, -0.2) is 45.1 Å². The van der Waals surface area contributed by atoms with Crippen LogP contribution in [-0.2, 0) is 9.59 Å². The fourth-order valence-corrected chi connectivity index (χ4v) is 3.36. The highest BCUT2D eigenvalue weighted by atomic mass is 35.5. The van der Waals surface area contributed by atoms with Crippen molar-refractivity contribution in [2.75, 3.05) is 12.3 Å². The first-order valence-corrected chi connectivity index (χ1v) is 7.85. The van der Waals surface area contributed by atoms with Gasteiger partial charge in [-0.15, -0.1) is 11.8 Å². The zero-order valence-electron chi connectivity index (χ0n) is 11.4. The lowest BCUT2D eigenvalue weighted by Crippen LogP contribution is -2.41. The summed E-state index contributed by atoms with van der Waals surface area (Å²) in [5, 5.41) is 20.3. The molecule has 1 amide bonds. The molecule has 1 aliphatic heterocycles. The van der Waals surface area contributed by atoms with Crippen LogP contribution in [0.1, 0.15) is 12.8 Å². The fraction of sp³-hybridized carbons (Fsp3) is 0.385. The molecule has 22 heavy (non-hydrogen) atoms. The second kappa shape index (κ2) is 6.97. The van der Waals surface area contributed by atoms with Crippen molar-refractivity contribution < 1.29 is 19.6 Å². The van der Waals surface area contributed by atoms with Crippen molar-refractivity contribution >= 4 is 40.9 Å². The standard InChI is InChI=1S/C13H13ClN2O5S/c14-8-3-4-11(10(6-8)16(20)21)22-7-12(17)15-5-1-2-9(15)13(18)19/h3-4,6,9H,1-2,5,7H2,(H,18,19)/t9-/m0/s1. The van der Waals surface area contributed by atoms with E-state index in [1.807, 2.05) is 0 Å². The summed E-state index contributed by atoms with van der Waals surface area (Å²) in [6.45, 7) is 0.402. The summed E-state index contributed by atoms with van der Waals surface area (Å²) in [7, 11) is 0. The van der Waals surface area contributed by atoms with Crippen molar-refractivity contribution in [3.05, 3.63) is 33.3 Å². The van der Waals surface area contributed by atoms with E-state index in [2.05, 4.69) is 0 Å². The van der Waals surface area contributed by atoms with Crippen LogP contribution in [0.2, 0.25) is 5.02 Å². The third-order valence-corrected chi connectivity index (χ3v) is 4.61. The number of nitro benzene ring substituents is 1. The first kappa shape index (κ1) is 16.6. The van der Waals surface area contributed by atoms with Crippen molar-refractivity contribution in [1.29, 1.82) is 0 Å². The van der Waals surface area contributed by atoms with Crippen LogP contribution in [0.5, 0.6) is 0 Å². The summed E-state index contributed by atoms with van der Waals surface area (Å²) < 4.78 is 0. The van der Waals surface area contributed by atoms with E-state index >= 15 is 0 Å². The number of carbonyl (C=O) groups excluding carboxylic acids is 1. The number of nitro groups is 1. The van der Waals surface area contributed by atoms with Crippen LogP contribution in [0.15, 0.2) is 23.1 Å². The van der Waals surface area contributed by atoms with E-state index in [1.165, 1.54) is 23.1 Å². The third-order valence-electron chi connectivity index (χ3n) is 3.33. The van der Waals surface area contributed by atoms with Gasteiger partial charge in [0, 0.05) is 17.6 Å². The van der Waals surface area contributed by atoms with E-state index in [1.54, 1.807) is 0 Å². The van der Waals surface area contributed by atoms with E-state index in [0.717, 1.165) is 11.8 Å². The lowest BCUT2D eigenvalue weighted by atomic mass is 10.2. The Labute approximate surface area is 135 Å². The minimum Gasteiger partial charge on any atom is -0.480 e. The van der Waals surface area contributed by atoms with Crippen LogP contribution in [0.25, 0.3) is 0 Å². The monoisotopic (exact) mass is 344 g/mol. The van der Waals surface area contributed by atoms with Gasteiger partial charge in [0.05, 0.1) is 15.6 Å². The highest BCUT2D eigenvalue weighted by Gasteiger charge is 2.33. The van der Waals surface area contributed by atoms with E-state index in [4.69, 9.17) is 16.7 Å². The number of thioether (sulfide) groups is 1. The molecular weight excluding hydrogens is 332 g/mol. The number of likely N-dealkylation sites (tertiary alicyclic amines) is 1. The lowest BCUT2D eigenvalue weighted by Gasteiger charge is -2.21. The molecule has 1 atom stereocenters. The van der Waals surface area contributed by atoms with Crippen molar-refractivity contribution in [2.24, 2.45) is 0 Å². The Morgan fingerprint density at radius 3 is 2.86 bits per heavy atom. The van der Waals surface area contributed by atoms with Crippen LogP contribution in [0.4, 0.5) is 5.69 Å². The molecule has 0 unspecified atom stereocenters. The number of aliphatic carboxylic acids is 1. The van der Waals surface area contributed by atoms with Crippen LogP contribution < -0.4 is 0 Å². The SMILES string of the molecule is O=C(O)[C@@H]1CCCN1C(=O)CSc1ccc(Cl)cc1[N+](=O)[O-]. The molecule has 0 aliphatic carbocycles. The van der Waals surface area contributed by atoms with Gasteiger partial charge in [0.1, 0.15) is 6.04 Å². The number of carboxylic acids is 1. The second-order valence-corrected chi connectivity index (χ2v) is 6.19. The molecule has 9 heteroatoms. The number of rotatable bonds is 5. The number of hydrogen-bond donors (Lipinski definition) is 1. The van der Waals surface area contributed by atoms with Crippen molar-refractivity contribution in [2.45, 2.75) is 23.8 Å². The van der Waals surface area contributed by atoms with Crippen LogP contribution in [0, 0.1) is 10.1 Å². The maximum atomic E-state index is 12.1. The minimum absolute atomic E-state index is 0.0494. The molecule has 0 bridgehead atoms. The first-order chi connectivity index (χ1) is 10.4. The minimum atomic E-state index is -1.02. The molecule has 1 saturated heterocycles. The first-order valence-electron chi connectivity index (χ1n) is 6.49. The van der Waals surface area contributed by atoms with Gasteiger partial charge in [-0.1, -0.05) is 11.6 Å². The third kappa shape index (κ3) is 3.69. The maximum Gasteiger partial charge on any atom is 0.326 e. The lowest BCUT2D eigenvalue weighted by molar-refractivity contribution is -0.387. The summed E-state index contributed by atoms with van der Waals surface area (Å²) >= 11 is 6.74. The van der Waals surface area contributed by atoms with E-state index in [-0.39, 0.29) is 22.4 Å². The molecule has 1 heterocycles. The summed E-state index contributed by atoms with van der Waals surface area (Å²) in [4.78, 5) is 35.3. The highest BCUT2D eigenvalue weighted by molar-refractivity contribution is 8.00. The maximum absolute atomic E-state index is 12.1. The molecule has 7 nitrogen and oxygen atoms in total. The molecule has 1 aromatic rings. The summed E-state index contributed by atoms with van der Waals surface area (Å²) in [6, 6.07) is 3.42. The van der Waals surface area contributed by atoms with Crippen LogP contribution in [0.3, 0.4) is 0 Å². The average molecular weight is 345 g/mol. The van der Waals surface area contributed by atoms with Crippen molar-refractivity contribution in [3.8, 4) is 0 Å². The van der Waals surface area contributed by atoms with Gasteiger partial charge in [-0.2, -0.15) is 0 Å². The van der Waals surface area contributed by atoms with E-state index in [9.17, 15) is 19.7 Å². The van der Waals surface area contributed by atoms with Gasteiger partial charge in [-0.25, -0.2) is 4.79 Å². The quantitative estimate of drug-likeness (QED) is 0.500. The predicted molar refractivity (Wildman–Crippen MR) is 81.2 cm³/mol. The smallest absolute Gasteiger partial charge is 0.326 e. The van der Waals surface area contributed by atoms with Gasteiger partial charge >= 0.3 is 5.97 Å². The van der Waals surface area contributed by atoms with Gasteiger partial charge in [-0.3, -0.25) is 14.9 Å². The zero-order valence-corrected chi connectivity index (χ0v) is 13.0. The predicted octanol–water partition coefficient (Wildman–Crippen LogP) is 2.42. The number of carboxylic acid groups (broad SMARTS) is 1. The average Bonchev–Trinajstić information content (AvgIpc) is 2.95. The molecule has 0 saturated carbocycles. The molecule has 2 rings (SSSR count).